The van der Waals surface area contributed by atoms with Gasteiger partial charge in [-0.3, -0.25) is 4.79 Å². The molecule has 2 N–H and O–H groups in total. The van der Waals surface area contributed by atoms with Gasteiger partial charge in [-0.25, -0.2) is 4.98 Å². The smallest absolute Gasteiger partial charge is 0.252 e. The molecule has 1 aromatic rings. The summed E-state index contributed by atoms with van der Waals surface area (Å²) < 4.78 is 0. The first-order valence-corrected chi connectivity index (χ1v) is 6.26. The van der Waals surface area contributed by atoms with Gasteiger partial charge in [0.25, 0.3) is 5.91 Å². The molecule has 0 fully saturated rings. The van der Waals surface area contributed by atoms with Crippen molar-refractivity contribution in [2.24, 2.45) is 11.3 Å². The van der Waals surface area contributed by atoms with Crippen molar-refractivity contribution in [3.05, 3.63) is 23.9 Å². The van der Waals surface area contributed by atoms with Crippen LogP contribution in [0.1, 0.15) is 38.1 Å². The minimum atomic E-state index is -0.0683. The molecular formula is C14H23N3O. The minimum Gasteiger partial charge on any atom is -0.373 e. The zero-order chi connectivity index (χ0) is 13.8. The maximum absolute atomic E-state index is 11.9. The third-order valence-electron chi connectivity index (χ3n) is 3.33. The van der Waals surface area contributed by atoms with E-state index in [0.717, 1.165) is 5.82 Å². The Morgan fingerprint density at radius 3 is 2.50 bits per heavy atom. The molecule has 1 heterocycles. The van der Waals surface area contributed by atoms with Gasteiger partial charge in [0.1, 0.15) is 5.82 Å². The highest BCUT2D eigenvalue weighted by atomic mass is 16.1. The van der Waals surface area contributed by atoms with Gasteiger partial charge in [-0.2, -0.15) is 0 Å². The van der Waals surface area contributed by atoms with E-state index in [2.05, 4.69) is 43.3 Å². The Hall–Kier alpha value is -1.58. The second-order valence-electron chi connectivity index (χ2n) is 5.66. The number of nitrogens with zero attached hydrogens (tertiary/aromatic N) is 1. The van der Waals surface area contributed by atoms with Crippen LogP contribution >= 0.6 is 0 Å². The quantitative estimate of drug-likeness (QED) is 0.862. The van der Waals surface area contributed by atoms with E-state index < -0.39 is 0 Å². The molecule has 0 saturated carbocycles. The minimum absolute atomic E-state index is 0.0683. The molecule has 0 bridgehead atoms. The first kappa shape index (κ1) is 14.5. The molecule has 0 aliphatic carbocycles. The number of aromatic nitrogens is 1. The molecule has 4 heteroatoms. The van der Waals surface area contributed by atoms with Crippen molar-refractivity contribution >= 4 is 11.7 Å². The van der Waals surface area contributed by atoms with Crippen molar-refractivity contribution in [2.75, 3.05) is 18.9 Å². The normalized spacial score (nSPS) is 12.9. The van der Waals surface area contributed by atoms with Gasteiger partial charge in [0.2, 0.25) is 0 Å². The van der Waals surface area contributed by atoms with Gasteiger partial charge in [0.05, 0.1) is 5.56 Å². The van der Waals surface area contributed by atoms with Crippen molar-refractivity contribution in [3.63, 3.8) is 0 Å². The van der Waals surface area contributed by atoms with Crippen LogP contribution in [0.4, 0.5) is 5.82 Å². The van der Waals surface area contributed by atoms with Gasteiger partial charge in [-0.1, -0.05) is 27.7 Å². The van der Waals surface area contributed by atoms with Gasteiger partial charge in [0, 0.05) is 19.8 Å². The molecule has 1 rings (SSSR count). The molecule has 4 nitrogen and oxygen atoms in total. The number of pyridine rings is 1. The average Bonchev–Trinajstić information content (AvgIpc) is 2.34. The Morgan fingerprint density at radius 1 is 1.39 bits per heavy atom. The number of anilines is 1. The predicted octanol–water partition coefficient (Wildman–Crippen LogP) is 2.54. The lowest BCUT2D eigenvalue weighted by Gasteiger charge is -2.27. The highest BCUT2D eigenvalue weighted by Crippen LogP contribution is 2.24. The molecule has 0 spiro atoms. The molecule has 0 radical (unpaired) electrons. The molecule has 1 aromatic heterocycles. The summed E-state index contributed by atoms with van der Waals surface area (Å²) in [6, 6.07) is 3.57. The van der Waals surface area contributed by atoms with Crippen LogP contribution in [-0.2, 0) is 0 Å². The van der Waals surface area contributed by atoms with Gasteiger partial charge in [0.15, 0.2) is 0 Å². The summed E-state index contributed by atoms with van der Waals surface area (Å²) in [6.45, 7) is 9.34. The second-order valence-corrected chi connectivity index (χ2v) is 5.66. The van der Waals surface area contributed by atoms with Crippen LogP contribution in [0.5, 0.6) is 0 Å². The van der Waals surface area contributed by atoms with E-state index in [1.807, 2.05) is 0 Å². The maximum atomic E-state index is 11.9. The van der Waals surface area contributed by atoms with Crippen molar-refractivity contribution in [3.8, 4) is 0 Å². The zero-order valence-electron chi connectivity index (χ0n) is 11.9. The van der Waals surface area contributed by atoms with Crippen LogP contribution in [0.2, 0.25) is 0 Å². The fraction of sp³-hybridized carbons (Fsp3) is 0.571. The highest BCUT2D eigenvalue weighted by molar-refractivity contribution is 5.94. The summed E-state index contributed by atoms with van der Waals surface area (Å²) in [5, 5.41) is 5.86. The first-order valence-electron chi connectivity index (χ1n) is 6.26. The summed E-state index contributed by atoms with van der Waals surface area (Å²) in [4.78, 5) is 16.0. The topological polar surface area (TPSA) is 54.0 Å². The number of nitrogens with one attached hydrogen (secondary N) is 2. The second kappa shape index (κ2) is 5.85. The Bertz CT molecular complexity index is 392. The molecular weight excluding hydrogens is 226 g/mol. The third kappa shape index (κ3) is 4.02. The predicted molar refractivity (Wildman–Crippen MR) is 74.7 cm³/mol. The zero-order valence-corrected chi connectivity index (χ0v) is 11.9. The standard InChI is InChI=1S/C14H23N3O/c1-10(14(2,3)4)8-17-13(18)11-6-7-12(15-5)16-9-11/h6-7,9-10H,8H2,1-5H3,(H,15,16)(H,17,18). The largest absolute Gasteiger partial charge is 0.373 e. The number of carbonyl (C=O) groups excluding carboxylic acids is 1. The molecule has 1 atom stereocenters. The average molecular weight is 249 g/mol. The Kier molecular flexibility index (Phi) is 4.70. The third-order valence-corrected chi connectivity index (χ3v) is 3.33. The van der Waals surface area contributed by atoms with Crippen molar-refractivity contribution in [1.29, 1.82) is 0 Å². The van der Waals surface area contributed by atoms with E-state index >= 15 is 0 Å². The fourth-order valence-electron chi connectivity index (χ4n) is 1.33. The SMILES string of the molecule is CNc1ccc(C(=O)NCC(C)C(C)(C)C)cn1. The van der Waals surface area contributed by atoms with Crippen LogP contribution in [0.25, 0.3) is 0 Å². The monoisotopic (exact) mass is 249 g/mol. The van der Waals surface area contributed by atoms with Crippen molar-refractivity contribution in [2.45, 2.75) is 27.7 Å². The summed E-state index contributed by atoms with van der Waals surface area (Å²) in [7, 11) is 1.80. The summed E-state index contributed by atoms with van der Waals surface area (Å²) in [5.74, 6) is 1.11. The van der Waals surface area contributed by atoms with Crippen LogP contribution in [-0.4, -0.2) is 24.5 Å². The van der Waals surface area contributed by atoms with E-state index in [-0.39, 0.29) is 11.3 Å². The Morgan fingerprint density at radius 2 is 2.06 bits per heavy atom. The summed E-state index contributed by atoms with van der Waals surface area (Å²) in [6.07, 6.45) is 1.59. The molecule has 0 aromatic carbocycles. The van der Waals surface area contributed by atoms with E-state index in [1.165, 1.54) is 0 Å². The molecule has 18 heavy (non-hydrogen) atoms. The van der Waals surface area contributed by atoms with E-state index in [4.69, 9.17) is 0 Å². The molecule has 0 aliphatic rings. The van der Waals surface area contributed by atoms with Gasteiger partial charge >= 0.3 is 0 Å². The molecule has 0 aliphatic heterocycles. The lowest BCUT2D eigenvalue weighted by atomic mass is 9.82. The number of rotatable bonds is 4. The number of carbonyl (C=O) groups is 1. The maximum Gasteiger partial charge on any atom is 0.252 e. The highest BCUT2D eigenvalue weighted by Gasteiger charge is 2.20. The lowest BCUT2D eigenvalue weighted by Crippen LogP contribution is -2.33. The summed E-state index contributed by atoms with van der Waals surface area (Å²) >= 11 is 0. The fourth-order valence-corrected chi connectivity index (χ4v) is 1.33. The van der Waals surface area contributed by atoms with Gasteiger partial charge < -0.3 is 10.6 Å². The van der Waals surface area contributed by atoms with E-state index in [1.54, 1.807) is 25.4 Å². The van der Waals surface area contributed by atoms with Crippen LogP contribution in [0.15, 0.2) is 18.3 Å². The first-order chi connectivity index (χ1) is 8.34. The summed E-state index contributed by atoms with van der Waals surface area (Å²) in [5.41, 5.74) is 0.789. The van der Waals surface area contributed by atoms with Gasteiger partial charge in [-0.05, 0) is 23.5 Å². The number of hydrogen-bond donors (Lipinski definition) is 2. The van der Waals surface area contributed by atoms with E-state index in [0.29, 0.717) is 18.0 Å². The molecule has 1 unspecified atom stereocenters. The number of hydrogen-bond acceptors (Lipinski definition) is 3. The molecule has 0 saturated heterocycles. The molecule has 1 amide bonds. The van der Waals surface area contributed by atoms with E-state index in [9.17, 15) is 4.79 Å². The lowest BCUT2D eigenvalue weighted by molar-refractivity contribution is 0.0936. The van der Waals surface area contributed by atoms with Crippen LogP contribution in [0.3, 0.4) is 0 Å². The van der Waals surface area contributed by atoms with Gasteiger partial charge in [-0.15, -0.1) is 0 Å². The van der Waals surface area contributed by atoms with Crippen LogP contribution < -0.4 is 10.6 Å². The van der Waals surface area contributed by atoms with Crippen molar-refractivity contribution in [1.82, 2.24) is 10.3 Å². The number of amides is 1. The molecule has 100 valence electrons. The van der Waals surface area contributed by atoms with Crippen LogP contribution in [0, 0.1) is 11.3 Å². The van der Waals surface area contributed by atoms with Crippen molar-refractivity contribution < 1.29 is 4.79 Å². The Balaban J connectivity index is 2.55. The Labute approximate surface area is 109 Å².